The summed E-state index contributed by atoms with van der Waals surface area (Å²) in [6.07, 6.45) is 5.63. The lowest BCUT2D eigenvalue weighted by Gasteiger charge is -2.11. The van der Waals surface area contributed by atoms with E-state index < -0.39 is 0 Å². The van der Waals surface area contributed by atoms with Crippen molar-refractivity contribution in [3.8, 4) is 5.69 Å². The monoisotopic (exact) mass is 532 g/mol. The fourth-order valence-corrected chi connectivity index (χ4v) is 3.42. The number of fused-ring (bicyclic) bond motifs is 1. The number of guanidine groups is 1. The number of aromatic nitrogens is 3. The number of benzene rings is 2. The van der Waals surface area contributed by atoms with E-state index in [0.29, 0.717) is 6.54 Å². The van der Waals surface area contributed by atoms with Crippen molar-refractivity contribution in [2.24, 2.45) is 4.99 Å². The quantitative estimate of drug-likeness (QED) is 0.191. The molecule has 0 radical (unpaired) electrons. The van der Waals surface area contributed by atoms with Crippen molar-refractivity contribution in [1.29, 1.82) is 0 Å². The van der Waals surface area contributed by atoms with Crippen molar-refractivity contribution in [3.05, 3.63) is 84.1 Å². The number of hydrogen-bond donors (Lipinski definition) is 3. The van der Waals surface area contributed by atoms with Gasteiger partial charge in [-0.15, -0.1) is 24.0 Å². The Labute approximate surface area is 198 Å². The maximum Gasteiger partial charge on any atom is 0.190 e. The molecule has 0 unspecified atom stereocenters. The number of hydrogen-bond acceptors (Lipinski definition) is 2. The highest BCUT2D eigenvalue weighted by Gasteiger charge is 2.05. The molecule has 0 aliphatic carbocycles. The van der Waals surface area contributed by atoms with Gasteiger partial charge in [0, 0.05) is 49.9 Å². The molecular formula is C23H26FIN6. The lowest BCUT2D eigenvalue weighted by Crippen LogP contribution is -2.39. The molecule has 2 aromatic heterocycles. The Morgan fingerprint density at radius 3 is 2.55 bits per heavy atom. The summed E-state index contributed by atoms with van der Waals surface area (Å²) in [5.74, 6) is 0.520. The molecule has 0 spiro atoms. The highest BCUT2D eigenvalue weighted by atomic mass is 127. The fourth-order valence-electron chi connectivity index (χ4n) is 3.42. The van der Waals surface area contributed by atoms with E-state index in [1.165, 1.54) is 23.1 Å². The maximum atomic E-state index is 13.1. The van der Waals surface area contributed by atoms with E-state index in [-0.39, 0.29) is 29.8 Å². The summed E-state index contributed by atoms with van der Waals surface area (Å²) < 4.78 is 14.8. The van der Waals surface area contributed by atoms with Crippen molar-refractivity contribution in [1.82, 2.24) is 25.4 Å². The van der Waals surface area contributed by atoms with Crippen molar-refractivity contribution >= 4 is 40.8 Å². The summed E-state index contributed by atoms with van der Waals surface area (Å²) in [7, 11) is 1.77. The summed E-state index contributed by atoms with van der Waals surface area (Å²) in [6.45, 7) is 1.51. The molecule has 0 aliphatic rings. The molecule has 6 nitrogen and oxygen atoms in total. The third kappa shape index (κ3) is 5.84. The second-order valence-electron chi connectivity index (χ2n) is 7.01. The first-order valence-electron chi connectivity index (χ1n) is 10.0. The predicted octanol–water partition coefficient (Wildman–Crippen LogP) is 4.06. The molecule has 8 heteroatoms. The van der Waals surface area contributed by atoms with Gasteiger partial charge in [-0.2, -0.15) is 5.10 Å². The summed E-state index contributed by atoms with van der Waals surface area (Å²) in [4.78, 5) is 7.60. The van der Waals surface area contributed by atoms with E-state index in [1.54, 1.807) is 23.9 Å². The van der Waals surface area contributed by atoms with E-state index in [2.05, 4.69) is 50.1 Å². The number of aromatic amines is 1. The molecule has 2 heterocycles. The summed E-state index contributed by atoms with van der Waals surface area (Å²) in [5, 5.41) is 12.5. The van der Waals surface area contributed by atoms with Crippen LogP contribution in [0.4, 0.5) is 4.39 Å². The van der Waals surface area contributed by atoms with Crippen LogP contribution < -0.4 is 10.6 Å². The van der Waals surface area contributed by atoms with Gasteiger partial charge >= 0.3 is 0 Å². The van der Waals surface area contributed by atoms with Crippen LogP contribution in [0.2, 0.25) is 0 Å². The number of halogens is 2. The Morgan fingerprint density at radius 2 is 1.77 bits per heavy atom. The summed E-state index contributed by atoms with van der Waals surface area (Å²) >= 11 is 0. The largest absolute Gasteiger partial charge is 0.361 e. The van der Waals surface area contributed by atoms with Gasteiger partial charge in [0.25, 0.3) is 0 Å². The van der Waals surface area contributed by atoms with Crippen LogP contribution in [0.5, 0.6) is 0 Å². The Hall–Kier alpha value is -2.88. The number of rotatable bonds is 7. The molecule has 0 aliphatic heterocycles. The van der Waals surface area contributed by atoms with Crippen LogP contribution in [0.3, 0.4) is 0 Å². The number of nitrogens with one attached hydrogen (secondary N) is 3. The zero-order chi connectivity index (χ0) is 20.8. The average Bonchev–Trinajstić information content (AvgIpc) is 3.41. The van der Waals surface area contributed by atoms with E-state index >= 15 is 0 Å². The lowest BCUT2D eigenvalue weighted by atomic mass is 10.1. The minimum atomic E-state index is -0.251. The Balaban J connectivity index is 0.00000272. The van der Waals surface area contributed by atoms with Crippen LogP contribution in [0.1, 0.15) is 11.3 Å². The van der Waals surface area contributed by atoms with E-state index in [4.69, 9.17) is 0 Å². The van der Waals surface area contributed by atoms with Gasteiger partial charge < -0.3 is 15.6 Å². The minimum Gasteiger partial charge on any atom is -0.361 e. The summed E-state index contributed by atoms with van der Waals surface area (Å²) in [6, 6.07) is 16.6. The third-order valence-corrected chi connectivity index (χ3v) is 4.99. The van der Waals surface area contributed by atoms with Crippen LogP contribution in [-0.2, 0) is 12.8 Å². The van der Waals surface area contributed by atoms with Crippen LogP contribution >= 0.6 is 24.0 Å². The van der Waals surface area contributed by atoms with Gasteiger partial charge in [0.2, 0.25) is 0 Å². The van der Waals surface area contributed by atoms with Gasteiger partial charge in [-0.1, -0.05) is 18.2 Å². The van der Waals surface area contributed by atoms with Crippen molar-refractivity contribution in [2.45, 2.75) is 12.8 Å². The lowest BCUT2D eigenvalue weighted by molar-refractivity contribution is 0.627. The maximum absolute atomic E-state index is 13.1. The molecule has 0 saturated heterocycles. The minimum absolute atomic E-state index is 0. The van der Waals surface area contributed by atoms with Crippen LogP contribution in [0, 0.1) is 5.82 Å². The van der Waals surface area contributed by atoms with Crippen molar-refractivity contribution in [3.63, 3.8) is 0 Å². The molecule has 3 N–H and O–H groups in total. The molecule has 31 heavy (non-hydrogen) atoms. The van der Waals surface area contributed by atoms with Gasteiger partial charge in [-0.05, 0) is 48.4 Å². The summed E-state index contributed by atoms with van der Waals surface area (Å²) in [5.41, 5.74) is 4.25. The third-order valence-electron chi connectivity index (χ3n) is 4.99. The standard InChI is InChI=1S/C23H25FN6.HI/c1-25-23(26-13-10-17-16-28-22-5-3-2-4-21(17)22)27-14-11-19-12-15-30(29-19)20-8-6-18(24)7-9-20;/h2-9,12,15-16,28H,10-11,13-14H2,1H3,(H2,25,26,27);1H. The number of H-pyrrole nitrogens is 1. The first-order chi connectivity index (χ1) is 14.7. The van der Waals surface area contributed by atoms with Crippen molar-refractivity contribution in [2.75, 3.05) is 20.1 Å². The number of nitrogens with zero attached hydrogens (tertiary/aromatic N) is 3. The Morgan fingerprint density at radius 1 is 1.03 bits per heavy atom. The Kier molecular flexibility index (Phi) is 8.05. The van der Waals surface area contributed by atoms with E-state index in [0.717, 1.165) is 42.2 Å². The molecule has 162 valence electrons. The molecule has 4 aromatic rings. The highest BCUT2D eigenvalue weighted by Crippen LogP contribution is 2.17. The average molecular weight is 532 g/mol. The molecule has 0 fully saturated rings. The normalized spacial score (nSPS) is 11.4. The van der Waals surface area contributed by atoms with Crippen molar-refractivity contribution < 1.29 is 4.39 Å². The van der Waals surface area contributed by atoms with Gasteiger partial charge in [-0.3, -0.25) is 4.99 Å². The second-order valence-corrected chi connectivity index (χ2v) is 7.01. The van der Waals surface area contributed by atoms with E-state index in [9.17, 15) is 4.39 Å². The first kappa shape index (κ1) is 22.8. The molecule has 2 aromatic carbocycles. The first-order valence-corrected chi connectivity index (χ1v) is 10.0. The zero-order valence-electron chi connectivity index (χ0n) is 17.3. The molecule has 0 atom stereocenters. The van der Waals surface area contributed by atoms with Crippen LogP contribution in [-0.4, -0.2) is 40.9 Å². The number of aliphatic imine (C=N–C) groups is 1. The number of para-hydroxylation sites is 1. The van der Waals surface area contributed by atoms with Gasteiger partial charge in [-0.25, -0.2) is 9.07 Å². The molecule has 0 amide bonds. The van der Waals surface area contributed by atoms with E-state index in [1.807, 2.05) is 18.3 Å². The smallest absolute Gasteiger partial charge is 0.190 e. The topological polar surface area (TPSA) is 70.0 Å². The molecule has 4 rings (SSSR count). The zero-order valence-corrected chi connectivity index (χ0v) is 19.6. The SMILES string of the molecule is CN=C(NCCc1ccn(-c2ccc(F)cc2)n1)NCCc1c[nH]c2ccccc12.I. The highest BCUT2D eigenvalue weighted by molar-refractivity contribution is 14.0. The Bertz CT molecular complexity index is 1130. The van der Waals surface area contributed by atoms with Gasteiger partial charge in [0.15, 0.2) is 5.96 Å². The predicted molar refractivity (Wildman–Crippen MR) is 134 cm³/mol. The molecule has 0 saturated carbocycles. The van der Waals surface area contributed by atoms with Gasteiger partial charge in [0.1, 0.15) is 5.82 Å². The van der Waals surface area contributed by atoms with Gasteiger partial charge in [0.05, 0.1) is 11.4 Å². The van der Waals surface area contributed by atoms with Crippen LogP contribution in [0.15, 0.2) is 72.0 Å². The molecular weight excluding hydrogens is 506 g/mol. The second kappa shape index (κ2) is 10.9. The fraction of sp³-hybridized carbons (Fsp3) is 0.217. The molecule has 0 bridgehead atoms. The van der Waals surface area contributed by atoms with Crippen LogP contribution in [0.25, 0.3) is 16.6 Å².